The Morgan fingerprint density at radius 3 is 2.75 bits per heavy atom. The van der Waals surface area contributed by atoms with Crippen molar-refractivity contribution >= 4 is 32.5 Å². The molecule has 0 spiro atoms. The number of aromatic nitrogens is 2. The highest BCUT2D eigenvalue weighted by Gasteiger charge is 2.11. The van der Waals surface area contributed by atoms with Crippen molar-refractivity contribution in [3.05, 3.63) is 52.8 Å². The van der Waals surface area contributed by atoms with Gasteiger partial charge in [0.2, 0.25) is 5.88 Å². The van der Waals surface area contributed by atoms with Crippen molar-refractivity contribution in [3.63, 3.8) is 0 Å². The molecule has 3 aromatic rings. The van der Waals surface area contributed by atoms with Crippen molar-refractivity contribution in [2.45, 2.75) is 6.92 Å². The summed E-state index contributed by atoms with van der Waals surface area (Å²) < 4.78 is 6.83. The van der Waals surface area contributed by atoms with Crippen LogP contribution in [0.1, 0.15) is 5.56 Å². The van der Waals surface area contributed by atoms with E-state index < -0.39 is 0 Å². The molecule has 0 aliphatic heterocycles. The number of benzene rings is 2. The van der Waals surface area contributed by atoms with Crippen LogP contribution in [-0.4, -0.2) is 9.97 Å². The maximum atomic E-state index is 6.02. The zero-order chi connectivity index (χ0) is 14.1. The lowest BCUT2D eigenvalue weighted by Gasteiger charge is -2.12. The van der Waals surface area contributed by atoms with Gasteiger partial charge in [-0.05, 0) is 36.8 Å². The van der Waals surface area contributed by atoms with Crippen molar-refractivity contribution in [1.82, 2.24) is 9.97 Å². The molecule has 20 heavy (non-hydrogen) atoms. The highest BCUT2D eigenvalue weighted by molar-refractivity contribution is 9.10. The summed E-state index contributed by atoms with van der Waals surface area (Å²) in [7, 11) is 0. The van der Waals surface area contributed by atoms with Crippen LogP contribution in [-0.2, 0) is 0 Å². The SMILES string of the molecule is Cc1cc(Br)cc(N)c1Oc1ncnc2ccccc12. The first-order valence-electron chi connectivity index (χ1n) is 6.08. The van der Waals surface area contributed by atoms with E-state index in [1.807, 2.05) is 43.3 Å². The molecule has 4 nitrogen and oxygen atoms in total. The average Bonchev–Trinajstić information content (AvgIpc) is 2.43. The van der Waals surface area contributed by atoms with E-state index in [1.165, 1.54) is 6.33 Å². The summed E-state index contributed by atoms with van der Waals surface area (Å²) in [5.41, 5.74) is 8.37. The van der Waals surface area contributed by atoms with E-state index in [1.54, 1.807) is 0 Å². The van der Waals surface area contributed by atoms with Crippen LogP contribution in [0.25, 0.3) is 10.9 Å². The minimum atomic E-state index is 0.507. The van der Waals surface area contributed by atoms with Gasteiger partial charge in [0.1, 0.15) is 6.33 Å². The molecule has 0 fully saturated rings. The molecule has 5 heteroatoms. The molecule has 100 valence electrons. The third-order valence-corrected chi connectivity index (χ3v) is 3.43. The van der Waals surface area contributed by atoms with Crippen molar-refractivity contribution in [3.8, 4) is 11.6 Å². The number of anilines is 1. The Bertz CT molecular complexity index is 761. The van der Waals surface area contributed by atoms with Crippen LogP contribution in [0.4, 0.5) is 5.69 Å². The van der Waals surface area contributed by atoms with Gasteiger partial charge in [0, 0.05) is 4.47 Å². The highest BCUT2D eigenvalue weighted by atomic mass is 79.9. The number of hydrogen-bond acceptors (Lipinski definition) is 4. The summed E-state index contributed by atoms with van der Waals surface area (Å²) in [5.74, 6) is 1.13. The Balaban J connectivity index is 2.10. The van der Waals surface area contributed by atoms with E-state index in [-0.39, 0.29) is 0 Å². The summed E-state index contributed by atoms with van der Waals surface area (Å²) in [6, 6.07) is 11.5. The van der Waals surface area contributed by atoms with E-state index >= 15 is 0 Å². The zero-order valence-corrected chi connectivity index (χ0v) is 12.4. The fourth-order valence-corrected chi connectivity index (χ4v) is 2.64. The van der Waals surface area contributed by atoms with Gasteiger partial charge in [0.25, 0.3) is 0 Å². The number of nitrogen functional groups attached to an aromatic ring is 1. The summed E-state index contributed by atoms with van der Waals surface area (Å²) >= 11 is 3.41. The smallest absolute Gasteiger partial charge is 0.230 e. The Labute approximate surface area is 124 Å². The van der Waals surface area contributed by atoms with Gasteiger partial charge in [-0.1, -0.05) is 28.1 Å². The third kappa shape index (κ3) is 2.32. The van der Waals surface area contributed by atoms with Crippen LogP contribution in [0.2, 0.25) is 0 Å². The molecular formula is C15H12BrN3O. The maximum absolute atomic E-state index is 6.02. The van der Waals surface area contributed by atoms with Crippen LogP contribution < -0.4 is 10.5 Å². The van der Waals surface area contributed by atoms with E-state index in [4.69, 9.17) is 10.5 Å². The molecule has 0 radical (unpaired) electrons. The van der Waals surface area contributed by atoms with Gasteiger partial charge in [-0.15, -0.1) is 0 Å². The molecule has 2 aromatic carbocycles. The van der Waals surface area contributed by atoms with Crippen molar-refractivity contribution in [1.29, 1.82) is 0 Å². The van der Waals surface area contributed by atoms with Gasteiger partial charge in [-0.3, -0.25) is 0 Å². The number of rotatable bonds is 2. The van der Waals surface area contributed by atoms with Crippen LogP contribution in [0.3, 0.4) is 0 Å². The van der Waals surface area contributed by atoms with Gasteiger partial charge in [0.05, 0.1) is 16.6 Å². The van der Waals surface area contributed by atoms with Crippen molar-refractivity contribution in [2.75, 3.05) is 5.73 Å². The molecule has 1 heterocycles. The first kappa shape index (κ1) is 12.9. The predicted molar refractivity (Wildman–Crippen MR) is 82.9 cm³/mol. The number of para-hydroxylation sites is 1. The zero-order valence-electron chi connectivity index (χ0n) is 10.8. The molecule has 0 aliphatic rings. The van der Waals surface area contributed by atoms with E-state index in [0.29, 0.717) is 17.3 Å². The molecule has 2 N–H and O–H groups in total. The second-order valence-corrected chi connectivity index (χ2v) is 5.35. The lowest BCUT2D eigenvalue weighted by molar-refractivity contribution is 0.467. The average molecular weight is 330 g/mol. The predicted octanol–water partition coefficient (Wildman–Crippen LogP) is 4.08. The standard InChI is InChI=1S/C15H12BrN3O/c1-9-6-10(16)7-12(17)14(9)20-15-11-4-2-3-5-13(11)18-8-19-15/h2-8H,17H2,1H3. The summed E-state index contributed by atoms with van der Waals surface area (Å²) in [6.45, 7) is 1.94. The molecule has 0 saturated carbocycles. The fourth-order valence-electron chi connectivity index (χ4n) is 2.05. The van der Waals surface area contributed by atoms with E-state index in [2.05, 4.69) is 25.9 Å². The molecule has 0 aliphatic carbocycles. The number of ether oxygens (including phenoxy) is 1. The monoisotopic (exact) mass is 329 g/mol. The Kier molecular flexibility index (Phi) is 3.28. The molecule has 0 atom stereocenters. The summed E-state index contributed by atoms with van der Waals surface area (Å²) in [4.78, 5) is 8.42. The molecule has 0 bridgehead atoms. The molecule has 3 rings (SSSR count). The summed E-state index contributed by atoms with van der Waals surface area (Å²) in [6.07, 6.45) is 1.49. The topological polar surface area (TPSA) is 61.0 Å². The van der Waals surface area contributed by atoms with Gasteiger partial charge in [0.15, 0.2) is 5.75 Å². The first-order valence-corrected chi connectivity index (χ1v) is 6.87. The van der Waals surface area contributed by atoms with Crippen LogP contribution in [0.5, 0.6) is 11.6 Å². The maximum Gasteiger partial charge on any atom is 0.230 e. The minimum absolute atomic E-state index is 0.507. The number of nitrogens with two attached hydrogens (primary N) is 1. The minimum Gasteiger partial charge on any atom is -0.436 e. The number of halogens is 1. The second kappa shape index (κ2) is 5.09. The third-order valence-electron chi connectivity index (χ3n) is 2.97. The first-order chi connectivity index (χ1) is 9.65. The Morgan fingerprint density at radius 2 is 1.95 bits per heavy atom. The van der Waals surface area contributed by atoms with Crippen LogP contribution in [0, 0.1) is 6.92 Å². The van der Waals surface area contributed by atoms with Gasteiger partial charge in [-0.2, -0.15) is 0 Å². The van der Waals surface area contributed by atoms with Crippen molar-refractivity contribution in [2.24, 2.45) is 0 Å². The molecule has 0 saturated heterocycles. The van der Waals surface area contributed by atoms with Crippen molar-refractivity contribution < 1.29 is 4.74 Å². The quantitative estimate of drug-likeness (QED) is 0.720. The highest BCUT2D eigenvalue weighted by Crippen LogP contribution is 2.35. The number of nitrogens with zero attached hydrogens (tertiary/aromatic N) is 2. The summed E-state index contributed by atoms with van der Waals surface area (Å²) in [5, 5.41) is 0.858. The number of aryl methyl sites for hydroxylation is 1. The molecule has 0 unspecified atom stereocenters. The van der Waals surface area contributed by atoms with Gasteiger partial charge in [-0.25, -0.2) is 9.97 Å². The van der Waals surface area contributed by atoms with Crippen LogP contribution in [0.15, 0.2) is 47.2 Å². The Hall–Kier alpha value is -2.14. The molecule has 0 amide bonds. The lowest BCUT2D eigenvalue weighted by atomic mass is 10.2. The normalized spacial score (nSPS) is 10.7. The lowest BCUT2D eigenvalue weighted by Crippen LogP contribution is -1.97. The molecule has 1 aromatic heterocycles. The number of hydrogen-bond donors (Lipinski definition) is 1. The van der Waals surface area contributed by atoms with Gasteiger partial charge < -0.3 is 10.5 Å². The van der Waals surface area contributed by atoms with Crippen LogP contribution >= 0.6 is 15.9 Å². The van der Waals surface area contributed by atoms with E-state index in [9.17, 15) is 0 Å². The fraction of sp³-hybridized carbons (Fsp3) is 0.0667. The van der Waals surface area contributed by atoms with Gasteiger partial charge >= 0.3 is 0 Å². The number of fused-ring (bicyclic) bond motifs is 1. The van der Waals surface area contributed by atoms with E-state index in [0.717, 1.165) is 20.9 Å². The molecular weight excluding hydrogens is 318 g/mol. The Morgan fingerprint density at radius 1 is 1.15 bits per heavy atom. The second-order valence-electron chi connectivity index (χ2n) is 4.44. The largest absolute Gasteiger partial charge is 0.436 e.